The fraction of sp³-hybridized carbons (Fsp3) is 0.562. The summed E-state index contributed by atoms with van der Waals surface area (Å²) < 4.78 is 4.57. The summed E-state index contributed by atoms with van der Waals surface area (Å²) >= 11 is 0. The molecular weight excluding hydrogens is 240 g/mol. The molecule has 0 saturated carbocycles. The molecule has 0 aliphatic rings. The molecule has 1 aromatic carbocycles. The average Bonchev–Trinajstić information content (AvgIpc) is 2.46. The molecule has 0 radical (unpaired) electrons. The number of rotatable bonds is 7. The lowest BCUT2D eigenvalue weighted by Gasteiger charge is -2.13. The Kier molecular flexibility index (Phi) is 6.57. The van der Waals surface area contributed by atoms with E-state index in [1.165, 1.54) is 12.7 Å². The van der Waals surface area contributed by atoms with E-state index in [2.05, 4.69) is 30.7 Å². The van der Waals surface area contributed by atoms with Crippen LogP contribution in [0.5, 0.6) is 0 Å². The van der Waals surface area contributed by atoms with Crippen LogP contribution in [0, 0.1) is 0 Å². The second kappa shape index (κ2) is 7.95. The van der Waals surface area contributed by atoms with E-state index < -0.39 is 6.10 Å². The van der Waals surface area contributed by atoms with Gasteiger partial charge in [-0.05, 0) is 36.3 Å². The minimum atomic E-state index is -0.504. The molecule has 0 aliphatic carbocycles. The van der Waals surface area contributed by atoms with E-state index in [0.717, 1.165) is 12.0 Å². The summed E-state index contributed by atoms with van der Waals surface area (Å²) in [6, 6.07) is 8.11. The molecule has 0 aliphatic heterocycles. The van der Waals surface area contributed by atoms with E-state index in [1.807, 2.05) is 12.1 Å². The van der Waals surface area contributed by atoms with Crippen molar-refractivity contribution in [2.24, 2.45) is 0 Å². The van der Waals surface area contributed by atoms with Gasteiger partial charge < -0.3 is 9.84 Å². The zero-order valence-electron chi connectivity index (χ0n) is 12.1. The summed E-state index contributed by atoms with van der Waals surface area (Å²) in [6.07, 6.45) is 2.19. The first-order chi connectivity index (χ1) is 9.08. The van der Waals surface area contributed by atoms with Crippen LogP contribution in [0.15, 0.2) is 24.3 Å². The number of aliphatic hydroxyl groups is 1. The Hall–Kier alpha value is -1.35. The van der Waals surface area contributed by atoms with Gasteiger partial charge in [-0.3, -0.25) is 4.79 Å². The third kappa shape index (κ3) is 5.03. The monoisotopic (exact) mass is 264 g/mol. The highest BCUT2D eigenvalue weighted by Gasteiger charge is 2.10. The van der Waals surface area contributed by atoms with Crippen LogP contribution in [0.4, 0.5) is 0 Å². The lowest BCUT2D eigenvalue weighted by molar-refractivity contribution is -0.140. The highest BCUT2D eigenvalue weighted by molar-refractivity contribution is 5.68. The van der Waals surface area contributed by atoms with Crippen molar-refractivity contribution < 1.29 is 14.6 Å². The fourth-order valence-corrected chi connectivity index (χ4v) is 1.99. The molecule has 0 aromatic heterocycles. The predicted molar refractivity (Wildman–Crippen MR) is 76.0 cm³/mol. The van der Waals surface area contributed by atoms with Crippen LogP contribution in [0.3, 0.4) is 0 Å². The second-order valence-electron chi connectivity index (χ2n) is 4.96. The van der Waals surface area contributed by atoms with Gasteiger partial charge in [0.2, 0.25) is 0 Å². The van der Waals surface area contributed by atoms with Crippen molar-refractivity contribution in [3.8, 4) is 0 Å². The zero-order chi connectivity index (χ0) is 14.3. The Morgan fingerprint density at radius 2 is 1.84 bits per heavy atom. The van der Waals surface area contributed by atoms with Gasteiger partial charge in [0.15, 0.2) is 0 Å². The predicted octanol–water partition coefficient (Wildman–Crippen LogP) is 3.58. The molecule has 1 aromatic rings. The maximum absolute atomic E-state index is 11.0. The van der Waals surface area contributed by atoms with Crippen molar-refractivity contribution in [1.82, 2.24) is 0 Å². The first kappa shape index (κ1) is 15.7. The topological polar surface area (TPSA) is 46.5 Å². The molecule has 1 N–H and O–H groups in total. The molecule has 0 spiro atoms. The molecule has 106 valence electrons. The summed E-state index contributed by atoms with van der Waals surface area (Å²) in [5.74, 6) is 0.324. The molecular formula is C16H24O3. The highest BCUT2D eigenvalue weighted by atomic mass is 16.5. The maximum Gasteiger partial charge on any atom is 0.305 e. The summed E-state index contributed by atoms with van der Waals surface area (Å²) in [6.45, 7) is 4.36. The molecule has 0 saturated heterocycles. The van der Waals surface area contributed by atoms with Crippen molar-refractivity contribution in [3.05, 3.63) is 35.4 Å². The zero-order valence-corrected chi connectivity index (χ0v) is 12.1. The van der Waals surface area contributed by atoms with E-state index in [9.17, 15) is 9.90 Å². The summed E-state index contributed by atoms with van der Waals surface area (Å²) in [7, 11) is 1.38. The smallest absolute Gasteiger partial charge is 0.305 e. The Bertz CT molecular complexity index is 383. The summed E-state index contributed by atoms with van der Waals surface area (Å²) in [5, 5.41) is 10.0. The number of carbonyl (C=O) groups excluding carboxylic acids is 1. The quantitative estimate of drug-likeness (QED) is 0.766. The van der Waals surface area contributed by atoms with E-state index in [0.29, 0.717) is 25.2 Å². The number of methoxy groups -OCH3 is 1. The molecule has 19 heavy (non-hydrogen) atoms. The van der Waals surface area contributed by atoms with Crippen LogP contribution < -0.4 is 0 Å². The minimum absolute atomic E-state index is 0.223. The van der Waals surface area contributed by atoms with Crippen molar-refractivity contribution in [2.45, 2.75) is 51.6 Å². The normalized spacial score (nSPS) is 13.9. The molecule has 3 nitrogen and oxygen atoms in total. The van der Waals surface area contributed by atoms with Crippen LogP contribution in [-0.4, -0.2) is 18.2 Å². The standard InChI is InChI=1S/C16H24O3/c1-4-12(2)13-8-10-14(11-9-13)15(17)6-5-7-16(18)19-3/h8-12,15,17H,4-7H2,1-3H3. The number of ether oxygens (including phenoxy) is 1. The first-order valence-electron chi connectivity index (χ1n) is 6.93. The Balaban J connectivity index is 2.48. The van der Waals surface area contributed by atoms with Gasteiger partial charge >= 0.3 is 5.97 Å². The summed E-state index contributed by atoms with van der Waals surface area (Å²) in [4.78, 5) is 11.0. The largest absolute Gasteiger partial charge is 0.469 e. The molecule has 2 atom stereocenters. The minimum Gasteiger partial charge on any atom is -0.469 e. The number of hydrogen-bond acceptors (Lipinski definition) is 3. The van der Waals surface area contributed by atoms with Crippen LogP contribution in [0.2, 0.25) is 0 Å². The summed E-state index contributed by atoms with van der Waals surface area (Å²) in [5.41, 5.74) is 2.21. The molecule has 2 unspecified atom stereocenters. The molecule has 0 heterocycles. The number of aliphatic hydroxyl groups excluding tert-OH is 1. The SMILES string of the molecule is CCC(C)c1ccc(C(O)CCCC(=O)OC)cc1. The van der Waals surface area contributed by atoms with Crippen LogP contribution in [0.1, 0.15) is 62.7 Å². The van der Waals surface area contributed by atoms with E-state index in [-0.39, 0.29) is 5.97 Å². The van der Waals surface area contributed by atoms with Crippen molar-refractivity contribution in [1.29, 1.82) is 0 Å². The lowest BCUT2D eigenvalue weighted by atomic mass is 9.95. The number of carbonyl (C=O) groups is 1. The molecule has 0 fully saturated rings. The van der Waals surface area contributed by atoms with E-state index in [4.69, 9.17) is 0 Å². The van der Waals surface area contributed by atoms with Crippen LogP contribution in [-0.2, 0) is 9.53 Å². The Morgan fingerprint density at radius 1 is 1.26 bits per heavy atom. The highest BCUT2D eigenvalue weighted by Crippen LogP contribution is 2.23. The van der Waals surface area contributed by atoms with Gasteiger partial charge in [-0.1, -0.05) is 38.1 Å². The molecule has 1 rings (SSSR count). The Labute approximate surface area is 115 Å². The van der Waals surface area contributed by atoms with Crippen molar-refractivity contribution in [2.75, 3.05) is 7.11 Å². The van der Waals surface area contributed by atoms with Gasteiger partial charge in [-0.15, -0.1) is 0 Å². The van der Waals surface area contributed by atoms with Gasteiger partial charge in [-0.2, -0.15) is 0 Å². The number of benzene rings is 1. The van der Waals surface area contributed by atoms with Gasteiger partial charge in [0.05, 0.1) is 13.2 Å². The fourth-order valence-electron chi connectivity index (χ4n) is 1.99. The van der Waals surface area contributed by atoms with Crippen molar-refractivity contribution in [3.63, 3.8) is 0 Å². The third-order valence-electron chi connectivity index (χ3n) is 3.59. The first-order valence-corrected chi connectivity index (χ1v) is 6.93. The number of esters is 1. The average molecular weight is 264 g/mol. The van der Waals surface area contributed by atoms with Crippen LogP contribution >= 0.6 is 0 Å². The molecule has 0 bridgehead atoms. The van der Waals surface area contributed by atoms with Gasteiger partial charge in [-0.25, -0.2) is 0 Å². The van der Waals surface area contributed by atoms with Gasteiger partial charge in [0.1, 0.15) is 0 Å². The third-order valence-corrected chi connectivity index (χ3v) is 3.59. The van der Waals surface area contributed by atoms with Gasteiger partial charge in [0.25, 0.3) is 0 Å². The maximum atomic E-state index is 11.0. The van der Waals surface area contributed by atoms with E-state index in [1.54, 1.807) is 0 Å². The lowest BCUT2D eigenvalue weighted by Crippen LogP contribution is -2.03. The van der Waals surface area contributed by atoms with Crippen molar-refractivity contribution >= 4 is 5.97 Å². The van der Waals surface area contributed by atoms with E-state index >= 15 is 0 Å². The van der Waals surface area contributed by atoms with Crippen LogP contribution in [0.25, 0.3) is 0 Å². The molecule has 0 amide bonds. The Morgan fingerprint density at radius 3 is 2.37 bits per heavy atom. The second-order valence-corrected chi connectivity index (χ2v) is 4.96. The number of hydrogen-bond donors (Lipinski definition) is 1. The van der Waals surface area contributed by atoms with Gasteiger partial charge in [0, 0.05) is 6.42 Å². The molecule has 3 heteroatoms.